The van der Waals surface area contributed by atoms with Crippen LogP contribution in [-0.2, 0) is 10.8 Å². The molecule has 0 atom stereocenters. The van der Waals surface area contributed by atoms with Crippen LogP contribution in [0.3, 0.4) is 0 Å². The van der Waals surface area contributed by atoms with Crippen molar-refractivity contribution in [2.45, 2.75) is 170 Å². The maximum atomic E-state index is 2.58. The Morgan fingerprint density at radius 3 is 1.59 bits per heavy atom. The fourth-order valence-electron chi connectivity index (χ4n) is 10.2. The quantitative estimate of drug-likeness (QED) is 0.0830. The minimum absolute atomic E-state index is 0.148. The van der Waals surface area contributed by atoms with Crippen LogP contribution >= 0.6 is 0 Å². The molecule has 322 valence electrons. The summed E-state index contributed by atoms with van der Waals surface area (Å²) in [6, 6.07) is 43.1. The lowest BCUT2D eigenvalue weighted by atomic mass is 9.70. The molecule has 61 heavy (non-hydrogen) atoms. The molecule has 6 aromatic carbocycles. The highest BCUT2D eigenvalue weighted by atomic mass is 15.1. The van der Waals surface area contributed by atoms with Crippen LogP contribution < -0.4 is 4.90 Å². The molecular formula is C60H77N. The Balaban J connectivity index is 0.000000213. The third kappa shape index (κ3) is 10.7. The minimum Gasteiger partial charge on any atom is -0.310 e. The Hall–Kier alpha value is -4.62. The molecule has 0 fully saturated rings. The highest BCUT2D eigenvalue weighted by Gasteiger charge is 2.43. The molecule has 0 N–H and O–H groups in total. The molecule has 6 aromatic rings. The van der Waals surface area contributed by atoms with E-state index in [0.29, 0.717) is 0 Å². The molecule has 0 amide bonds. The van der Waals surface area contributed by atoms with Gasteiger partial charge in [0.25, 0.3) is 0 Å². The van der Waals surface area contributed by atoms with Gasteiger partial charge in [0.2, 0.25) is 0 Å². The Labute approximate surface area is 372 Å². The van der Waals surface area contributed by atoms with Crippen LogP contribution in [-0.4, -0.2) is 0 Å². The predicted octanol–water partition coefficient (Wildman–Crippen LogP) is 18.6. The van der Waals surface area contributed by atoms with Gasteiger partial charge in [-0.1, -0.05) is 208 Å². The van der Waals surface area contributed by atoms with E-state index in [4.69, 9.17) is 0 Å². The Morgan fingerprint density at radius 1 is 0.459 bits per heavy atom. The number of hydrogen-bond acceptors (Lipinski definition) is 1. The molecule has 1 nitrogen and oxygen atoms in total. The second kappa shape index (κ2) is 21.0. The fourth-order valence-corrected chi connectivity index (χ4v) is 10.2. The molecule has 0 unspecified atom stereocenters. The van der Waals surface area contributed by atoms with Gasteiger partial charge in [0.05, 0.1) is 5.69 Å². The van der Waals surface area contributed by atoms with E-state index in [1.165, 1.54) is 162 Å². The summed E-state index contributed by atoms with van der Waals surface area (Å²) in [6.45, 7) is 22.7. The molecule has 0 aliphatic heterocycles. The number of anilines is 3. The summed E-state index contributed by atoms with van der Waals surface area (Å²) >= 11 is 0. The zero-order valence-electron chi connectivity index (χ0n) is 39.8. The lowest BCUT2D eigenvalue weighted by molar-refractivity contribution is 0.397. The summed E-state index contributed by atoms with van der Waals surface area (Å²) in [5.74, 6) is 0. The summed E-state index contributed by atoms with van der Waals surface area (Å²) in [5.41, 5.74) is 18.4. The van der Waals surface area contributed by atoms with Crippen LogP contribution in [0.25, 0.3) is 21.9 Å². The van der Waals surface area contributed by atoms with E-state index < -0.39 is 0 Å². The van der Waals surface area contributed by atoms with E-state index in [2.05, 4.69) is 189 Å². The van der Waals surface area contributed by atoms with E-state index in [1.807, 2.05) is 0 Å². The van der Waals surface area contributed by atoms with Crippen molar-refractivity contribution in [1.82, 2.24) is 0 Å². The molecule has 0 saturated heterocycles. The number of aryl methyl sites for hydroxylation is 5. The summed E-state index contributed by atoms with van der Waals surface area (Å²) in [4.78, 5) is 2.38. The van der Waals surface area contributed by atoms with Gasteiger partial charge >= 0.3 is 0 Å². The maximum absolute atomic E-state index is 2.58. The van der Waals surface area contributed by atoms with Crippen molar-refractivity contribution in [3.8, 4) is 11.1 Å². The van der Waals surface area contributed by atoms with Crippen molar-refractivity contribution in [3.05, 3.63) is 160 Å². The smallest absolute Gasteiger partial charge is 0.0520 e. The van der Waals surface area contributed by atoms with E-state index in [0.717, 1.165) is 0 Å². The molecule has 1 aliphatic rings. The van der Waals surface area contributed by atoms with Crippen molar-refractivity contribution >= 4 is 27.8 Å². The summed E-state index contributed by atoms with van der Waals surface area (Å²) in [5, 5.41) is 2.88. The van der Waals surface area contributed by atoms with Crippen LogP contribution in [0, 0.1) is 34.6 Å². The average Bonchev–Trinajstić information content (AvgIpc) is 3.50. The van der Waals surface area contributed by atoms with Crippen LogP contribution in [0.1, 0.15) is 169 Å². The number of hydrogen-bond donors (Lipinski definition) is 0. The van der Waals surface area contributed by atoms with E-state index in [9.17, 15) is 0 Å². The minimum atomic E-state index is 0.148. The van der Waals surface area contributed by atoms with Crippen molar-refractivity contribution in [1.29, 1.82) is 0 Å². The zero-order chi connectivity index (χ0) is 43.6. The number of rotatable bonds is 17. The molecule has 1 heteroatoms. The van der Waals surface area contributed by atoms with Gasteiger partial charge < -0.3 is 4.90 Å². The standard InChI is InChI=1S/C35H48.C25H29N/c1-5-7-9-11-13-17-23-35(24-18-14-12-10-8-6-2)32-25-27(3)21-22-31(32)34-30-20-16-15-19-29(30)28(4)26-33(34)35;1-18-11-10-14-23(15-18)26(22-12-8-7-9-13-22)24-19(2)16-21(17-20(24)3)25(4,5)6/h15-16,19-22,25-26H,5-14,17-18,23-24H2,1-4H3;7-17H,1-6H3. The SMILES string of the molecule is CCCCCCCCC1(CCCCCCCC)c2cc(C)ccc2-c2c1cc(C)c1ccccc21.Cc1cccc(N(c2ccccc2)c2c(C)cc(C(C)(C)C)cc2C)c1. The fraction of sp³-hybridized carbons (Fsp3) is 0.433. The van der Waals surface area contributed by atoms with Gasteiger partial charge in [-0.05, 0) is 138 Å². The second-order valence-corrected chi connectivity index (χ2v) is 19.5. The van der Waals surface area contributed by atoms with Crippen LogP contribution in [0.4, 0.5) is 17.1 Å². The summed E-state index contributed by atoms with van der Waals surface area (Å²) < 4.78 is 0. The van der Waals surface area contributed by atoms with Gasteiger partial charge in [-0.2, -0.15) is 0 Å². The second-order valence-electron chi connectivity index (χ2n) is 19.5. The number of nitrogens with zero attached hydrogens (tertiary/aromatic N) is 1. The highest BCUT2D eigenvalue weighted by Crippen LogP contribution is 2.57. The van der Waals surface area contributed by atoms with E-state index in [1.54, 1.807) is 11.1 Å². The van der Waals surface area contributed by atoms with Gasteiger partial charge in [-0.15, -0.1) is 0 Å². The molecule has 0 bridgehead atoms. The third-order valence-corrected chi connectivity index (χ3v) is 13.5. The van der Waals surface area contributed by atoms with Crippen LogP contribution in [0.5, 0.6) is 0 Å². The molecule has 0 radical (unpaired) electrons. The van der Waals surface area contributed by atoms with Crippen molar-refractivity contribution < 1.29 is 0 Å². The maximum Gasteiger partial charge on any atom is 0.0520 e. The van der Waals surface area contributed by atoms with Gasteiger partial charge in [0.15, 0.2) is 0 Å². The lowest BCUT2D eigenvalue weighted by Crippen LogP contribution is -2.26. The van der Waals surface area contributed by atoms with Gasteiger partial charge in [0.1, 0.15) is 0 Å². The Morgan fingerprint density at radius 2 is 1.00 bits per heavy atom. The third-order valence-electron chi connectivity index (χ3n) is 13.5. The number of fused-ring (bicyclic) bond motifs is 5. The lowest BCUT2D eigenvalue weighted by Gasteiger charge is -2.33. The van der Waals surface area contributed by atoms with E-state index >= 15 is 0 Å². The monoisotopic (exact) mass is 812 g/mol. The largest absolute Gasteiger partial charge is 0.310 e. The van der Waals surface area contributed by atoms with Crippen LogP contribution in [0.2, 0.25) is 0 Å². The van der Waals surface area contributed by atoms with Crippen molar-refractivity contribution in [3.63, 3.8) is 0 Å². The number of unbranched alkanes of at least 4 members (excludes halogenated alkanes) is 10. The first-order valence-corrected chi connectivity index (χ1v) is 24.1. The first kappa shape index (κ1) is 45.9. The average molecular weight is 812 g/mol. The number of benzene rings is 6. The zero-order valence-corrected chi connectivity index (χ0v) is 39.8. The topological polar surface area (TPSA) is 3.24 Å². The van der Waals surface area contributed by atoms with Gasteiger partial charge in [0, 0.05) is 16.8 Å². The normalized spacial score (nSPS) is 12.8. The molecule has 0 spiro atoms. The van der Waals surface area contributed by atoms with Crippen LogP contribution in [0.15, 0.2) is 115 Å². The van der Waals surface area contributed by atoms with Crippen molar-refractivity contribution in [2.75, 3.05) is 4.90 Å². The first-order chi connectivity index (χ1) is 29.4. The van der Waals surface area contributed by atoms with Gasteiger partial charge in [-0.3, -0.25) is 0 Å². The molecule has 7 rings (SSSR count). The van der Waals surface area contributed by atoms with E-state index in [-0.39, 0.29) is 10.8 Å². The highest BCUT2D eigenvalue weighted by molar-refractivity contribution is 6.04. The molecular weight excluding hydrogens is 735 g/mol. The molecule has 0 heterocycles. The Bertz CT molecular complexity index is 2300. The number of para-hydroxylation sites is 1. The predicted molar refractivity (Wildman–Crippen MR) is 270 cm³/mol. The molecule has 0 saturated carbocycles. The molecule has 1 aliphatic carbocycles. The summed E-state index contributed by atoms with van der Waals surface area (Å²) in [7, 11) is 0. The van der Waals surface area contributed by atoms with Gasteiger partial charge in [-0.25, -0.2) is 0 Å². The summed E-state index contributed by atoms with van der Waals surface area (Å²) in [6.07, 6.45) is 19.1. The van der Waals surface area contributed by atoms with Crippen molar-refractivity contribution in [2.24, 2.45) is 0 Å². The Kier molecular flexibility index (Phi) is 15.8. The first-order valence-electron chi connectivity index (χ1n) is 24.1. The molecule has 0 aromatic heterocycles.